The zero-order valence-corrected chi connectivity index (χ0v) is 7.35. The molecule has 0 unspecified atom stereocenters. The van der Waals surface area contributed by atoms with Crippen molar-refractivity contribution in [3.8, 4) is 0 Å². The number of nitrogens with one attached hydrogen (secondary N) is 1. The van der Waals surface area contributed by atoms with Crippen LogP contribution in [0.15, 0.2) is 12.2 Å². The first kappa shape index (κ1) is 9.70. The van der Waals surface area contributed by atoms with Crippen molar-refractivity contribution >= 4 is 0 Å². The van der Waals surface area contributed by atoms with E-state index in [-0.39, 0.29) is 0 Å². The van der Waals surface area contributed by atoms with Gasteiger partial charge in [0.2, 0.25) is 0 Å². The van der Waals surface area contributed by atoms with Crippen molar-refractivity contribution in [1.29, 1.82) is 0 Å². The zero-order chi connectivity index (χ0) is 7.82. The highest BCUT2D eigenvalue weighted by molar-refractivity contribution is 4.80. The van der Waals surface area contributed by atoms with Crippen molar-refractivity contribution in [1.82, 2.24) is 5.32 Å². The Labute approximate surface area is 64.5 Å². The Morgan fingerprint density at radius 3 is 2.30 bits per heavy atom. The SMILES string of the molecule is CC=CCNC(CC)CC. The molecular formula is C9H19N. The quantitative estimate of drug-likeness (QED) is 0.579. The molecule has 60 valence electrons. The molecular weight excluding hydrogens is 122 g/mol. The van der Waals surface area contributed by atoms with Crippen LogP contribution in [-0.4, -0.2) is 12.6 Å². The Kier molecular flexibility index (Phi) is 6.61. The van der Waals surface area contributed by atoms with Gasteiger partial charge in [-0.25, -0.2) is 0 Å². The second-order valence-electron chi connectivity index (χ2n) is 2.49. The molecule has 1 nitrogen and oxygen atoms in total. The Morgan fingerprint density at radius 1 is 1.30 bits per heavy atom. The molecule has 1 N–H and O–H groups in total. The van der Waals surface area contributed by atoms with Gasteiger partial charge in [0.1, 0.15) is 0 Å². The van der Waals surface area contributed by atoms with Crippen LogP contribution in [0.2, 0.25) is 0 Å². The highest BCUT2D eigenvalue weighted by Gasteiger charge is 1.97. The minimum Gasteiger partial charge on any atom is -0.311 e. The van der Waals surface area contributed by atoms with Crippen molar-refractivity contribution in [3.05, 3.63) is 12.2 Å². The fourth-order valence-corrected chi connectivity index (χ4v) is 0.930. The molecule has 0 aromatic heterocycles. The summed E-state index contributed by atoms with van der Waals surface area (Å²) in [5.41, 5.74) is 0. The summed E-state index contributed by atoms with van der Waals surface area (Å²) in [6.07, 6.45) is 6.69. The predicted octanol–water partition coefficient (Wildman–Crippen LogP) is 2.34. The molecule has 0 heterocycles. The van der Waals surface area contributed by atoms with E-state index >= 15 is 0 Å². The van der Waals surface area contributed by atoms with Gasteiger partial charge >= 0.3 is 0 Å². The Morgan fingerprint density at radius 2 is 1.90 bits per heavy atom. The molecule has 0 saturated heterocycles. The second kappa shape index (κ2) is 6.81. The Balaban J connectivity index is 3.25. The average Bonchev–Trinajstić information content (AvgIpc) is 1.99. The highest BCUT2D eigenvalue weighted by atomic mass is 14.9. The third-order valence-electron chi connectivity index (χ3n) is 1.75. The van der Waals surface area contributed by atoms with E-state index in [1.165, 1.54) is 12.8 Å². The minimum absolute atomic E-state index is 0.705. The molecule has 0 saturated carbocycles. The van der Waals surface area contributed by atoms with Crippen LogP contribution >= 0.6 is 0 Å². The van der Waals surface area contributed by atoms with E-state index in [0.29, 0.717) is 6.04 Å². The van der Waals surface area contributed by atoms with Gasteiger partial charge < -0.3 is 5.32 Å². The fraction of sp³-hybridized carbons (Fsp3) is 0.778. The van der Waals surface area contributed by atoms with Crippen LogP contribution in [0, 0.1) is 0 Å². The fourth-order valence-electron chi connectivity index (χ4n) is 0.930. The molecule has 10 heavy (non-hydrogen) atoms. The van der Waals surface area contributed by atoms with Crippen molar-refractivity contribution in [2.24, 2.45) is 0 Å². The lowest BCUT2D eigenvalue weighted by atomic mass is 10.2. The van der Waals surface area contributed by atoms with Gasteiger partial charge in [0.15, 0.2) is 0 Å². The van der Waals surface area contributed by atoms with E-state index in [4.69, 9.17) is 0 Å². The molecule has 0 aromatic carbocycles. The van der Waals surface area contributed by atoms with E-state index in [2.05, 4.69) is 38.2 Å². The van der Waals surface area contributed by atoms with Crippen LogP contribution < -0.4 is 5.32 Å². The van der Waals surface area contributed by atoms with Crippen LogP contribution in [0.1, 0.15) is 33.6 Å². The van der Waals surface area contributed by atoms with E-state index in [0.717, 1.165) is 6.54 Å². The molecule has 1 heteroatoms. The average molecular weight is 141 g/mol. The summed E-state index contributed by atoms with van der Waals surface area (Å²) in [5, 5.41) is 3.43. The molecule has 0 aliphatic rings. The van der Waals surface area contributed by atoms with Gasteiger partial charge in [-0.3, -0.25) is 0 Å². The van der Waals surface area contributed by atoms with Crippen LogP contribution in [0.4, 0.5) is 0 Å². The third kappa shape index (κ3) is 4.57. The lowest BCUT2D eigenvalue weighted by molar-refractivity contribution is 0.510. The standard InChI is InChI=1S/C9H19N/c1-4-7-8-10-9(5-2)6-3/h4,7,9-10H,5-6,8H2,1-3H3. The molecule has 0 aromatic rings. The number of rotatable bonds is 5. The molecule has 0 fully saturated rings. The summed E-state index contributed by atoms with van der Waals surface area (Å²) in [6.45, 7) is 7.51. The second-order valence-corrected chi connectivity index (χ2v) is 2.49. The maximum atomic E-state index is 3.43. The summed E-state index contributed by atoms with van der Waals surface area (Å²) in [5.74, 6) is 0. The van der Waals surface area contributed by atoms with Crippen molar-refractivity contribution in [2.75, 3.05) is 6.54 Å². The summed E-state index contributed by atoms with van der Waals surface area (Å²) in [7, 11) is 0. The molecule has 0 aliphatic carbocycles. The molecule has 0 amide bonds. The zero-order valence-electron chi connectivity index (χ0n) is 7.35. The van der Waals surface area contributed by atoms with E-state index in [1.807, 2.05) is 0 Å². The molecule has 0 radical (unpaired) electrons. The topological polar surface area (TPSA) is 12.0 Å². The van der Waals surface area contributed by atoms with Gasteiger partial charge in [-0.1, -0.05) is 26.0 Å². The summed E-state index contributed by atoms with van der Waals surface area (Å²) in [4.78, 5) is 0. The van der Waals surface area contributed by atoms with Crippen LogP contribution in [-0.2, 0) is 0 Å². The van der Waals surface area contributed by atoms with Crippen LogP contribution in [0.3, 0.4) is 0 Å². The van der Waals surface area contributed by atoms with Gasteiger partial charge in [-0.15, -0.1) is 0 Å². The lowest BCUT2D eigenvalue weighted by Gasteiger charge is -2.11. The summed E-state index contributed by atoms with van der Waals surface area (Å²) >= 11 is 0. The maximum Gasteiger partial charge on any atom is 0.0137 e. The molecule has 0 aliphatic heterocycles. The van der Waals surface area contributed by atoms with Gasteiger partial charge in [0, 0.05) is 12.6 Å². The Bertz CT molecular complexity index is 82.7. The van der Waals surface area contributed by atoms with Crippen LogP contribution in [0.5, 0.6) is 0 Å². The van der Waals surface area contributed by atoms with Gasteiger partial charge in [-0.05, 0) is 19.8 Å². The van der Waals surface area contributed by atoms with E-state index in [9.17, 15) is 0 Å². The normalized spacial score (nSPS) is 11.6. The van der Waals surface area contributed by atoms with Crippen molar-refractivity contribution < 1.29 is 0 Å². The van der Waals surface area contributed by atoms with E-state index < -0.39 is 0 Å². The minimum atomic E-state index is 0.705. The van der Waals surface area contributed by atoms with Gasteiger partial charge in [0.25, 0.3) is 0 Å². The van der Waals surface area contributed by atoms with Crippen LogP contribution in [0.25, 0.3) is 0 Å². The van der Waals surface area contributed by atoms with Gasteiger partial charge in [-0.2, -0.15) is 0 Å². The monoisotopic (exact) mass is 141 g/mol. The third-order valence-corrected chi connectivity index (χ3v) is 1.75. The van der Waals surface area contributed by atoms with E-state index in [1.54, 1.807) is 0 Å². The molecule has 0 bridgehead atoms. The first-order valence-electron chi connectivity index (χ1n) is 4.19. The molecule has 0 rings (SSSR count). The number of hydrogen-bond acceptors (Lipinski definition) is 1. The highest BCUT2D eigenvalue weighted by Crippen LogP contribution is 1.94. The maximum absolute atomic E-state index is 3.43. The number of allylic oxidation sites excluding steroid dienone is 1. The summed E-state index contributed by atoms with van der Waals surface area (Å²) in [6, 6.07) is 0.705. The summed E-state index contributed by atoms with van der Waals surface area (Å²) < 4.78 is 0. The molecule has 0 spiro atoms. The Hall–Kier alpha value is -0.300. The smallest absolute Gasteiger partial charge is 0.0137 e. The van der Waals surface area contributed by atoms with Crippen molar-refractivity contribution in [2.45, 2.75) is 39.7 Å². The van der Waals surface area contributed by atoms with Crippen molar-refractivity contribution in [3.63, 3.8) is 0 Å². The lowest BCUT2D eigenvalue weighted by Crippen LogP contribution is -2.27. The predicted molar refractivity (Wildman–Crippen MR) is 47.2 cm³/mol. The first-order valence-corrected chi connectivity index (χ1v) is 4.19. The largest absolute Gasteiger partial charge is 0.311 e. The number of hydrogen-bond donors (Lipinski definition) is 1. The first-order chi connectivity index (χ1) is 4.85. The molecule has 0 atom stereocenters. The van der Waals surface area contributed by atoms with Gasteiger partial charge in [0.05, 0.1) is 0 Å².